The molecule has 5 nitrogen and oxygen atoms in total. The fraction of sp³-hybridized carbons (Fsp3) is 0.385. The molecule has 0 saturated heterocycles. The van der Waals surface area contributed by atoms with Crippen molar-refractivity contribution in [3.8, 4) is 0 Å². The molecule has 0 aliphatic carbocycles. The number of likely N-dealkylation sites (N-methyl/N-ethyl adjacent to an activating group) is 1. The first-order valence-electron chi connectivity index (χ1n) is 5.95. The lowest BCUT2D eigenvalue weighted by molar-refractivity contribution is 0.158. The molecule has 0 amide bonds. The van der Waals surface area contributed by atoms with Crippen molar-refractivity contribution in [2.24, 2.45) is 0 Å². The van der Waals surface area contributed by atoms with Gasteiger partial charge >= 0.3 is 0 Å². The second-order valence-corrected chi connectivity index (χ2v) is 5.31. The van der Waals surface area contributed by atoms with Crippen molar-refractivity contribution in [1.82, 2.24) is 14.3 Å². The molecule has 0 fully saturated rings. The number of hydrogen-bond donors (Lipinski definition) is 0. The van der Waals surface area contributed by atoms with Crippen molar-refractivity contribution >= 4 is 21.6 Å². The van der Waals surface area contributed by atoms with Gasteiger partial charge < -0.3 is 4.74 Å². The van der Waals surface area contributed by atoms with Gasteiger partial charge in [0.15, 0.2) is 0 Å². The quantitative estimate of drug-likeness (QED) is 0.836. The van der Waals surface area contributed by atoms with E-state index in [2.05, 4.69) is 25.8 Å². The van der Waals surface area contributed by atoms with Crippen molar-refractivity contribution in [3.63, 3.8) is 0 Å². The second kappa shape index (κ2) is 6.27. The SMILES string of the molecule is COCCN(C)Cc1cc(=O)n2cc(Br)ccc2n1. The molecular weight excluding hydrogens is 310 g/mol. The topological polar surface area (TPSA) is 46.8 Å². The summed E-state index contributed by atoms with van der Waals surface area (Å²) in [5.74, 6) is 0. The summed E-state index contributed by atoms with van der Waals surface area (Å²) < 4.78 is 7.41. The fourth-order valence-corrected chi connectivity index (χ4v) is 2.15. The number of ether oxygens (including phenoxy) is 1. The molecule has 2 heterocycles. The van der Waals surface area contributed by atoms with Gasteiger partial charge in [0.05, 0.1) is 12.3 Å². The molecule has 0 aromatic carbocycles. The second-order valence-electron chi connectivity index (χ2n) is 4.39. The highest BCUT2D eigenvalue weighted by atomic mass is 79.9. The molecule has 0 spiro atoms. The summed E-state index contributed by atoms with van der Waals surface area (Å²) in [6.45, 7) is 2.10. The highest BCUT2D eigenvalue weighted by Crippen LogP contribution is 2.09. The van der Waals surface area contributed by atoms with Crippen molar-refractivity contribution in [3.05, 3.63) is 44.9 Å². The van der Waals surface area contributed by atoms with Gasteiger partial charge in [-0.25, -0.2) is 4.98 Å². The average molecular weight is 326 g/mol. The van der Waals surface area contributed by atoms with Gasteiger partial charge in [-0.1, -0.05) is 0 Å². The number of methoxy groups -OCH3 is 1. The molecule has 0 aliphatic heterocycles. The molecule has 0 atom stereocenters. The first-order valence-corrected chi connectivity index (χ1v) is 6.75. The molecule has 2 aromatic rings. The van der Waals surface area contributed by atoms with Crippen LogP contribution in [-0.4, -0.2) is 41.6 Å². The van der Waals surface area contributed by atoms with Crippen molar-refractivity contribution in [2.45, 2.75) is 6.54 Å². The van der Waals surface area contributed by atoms with E-state index in [9.17, 15) is 4.79 Å². The number of hydrogen-bond acceptors (Lipinski definition) is 4. The zero-order valence-corrected chi connectivity index (χ0v) is 12.6. The molecule has 0 bridgehead atoms. The van der Waals surface area contributed by atoms with Crippen LogP contribution >= 0.6 is 15.9 Å². The maximum Gasteiger partial charge on any atom is 0.258 e. The van der Waals surface area contributed by atoms with E-state index in [4.69, 9.17) is 4.74 Å². The van der Waals surface area contributed by atoms with Crippen LogP contribution in [-0.2, 0) is 11.3 Å². The number of pyridine rings is 1. The third-order valence-corrected chi connectivity index (χ3v) is 3.25. The van der Waals surface area contributed by atoms with E-state index in [0.717, 1.165) is 16.7 Å². The molecule has 102 valence electrons. The highest BCUT2D eigenvalue weighted by molar-refractivity contribution is 9.10. The van der Waals surface area contributed by atoms with Gasteiger partial charge in [-0.15, -0.1) is 0 Å². The van der Waals surface area contributed by atoms with Crippen LogP contribution in [0.3, 0.4) is 0 Å². The summed E-state index contributed by atoms with van der Waals surface area (Å²) in [7, 11) is 3.65. The Kier molecular flexibility index (Phi) is 4.68. The normalized spacial score (nSPS) is 11.4. The van der Waals surface area contributed by atoms with Crippen LogP contribution in [0, 0.1) is 0 Å². The summed E-state index contributed by atoms with van der Waals surface area (Å²) in [5, 5.41) is 0. The highest BCUT2D eigenvalue weighted by Gasteiger charge is 2.05. The minimum absolute atomic E-state index is 0.0681. The van der Waals surface area contributed by atoms with Gasteiger partial charge in [-0.3, -0.25) is 14.1 Å². The molecule has 0 aliphatic rings. The van der Waals surface area contributed by atoms with Gasteiger partial charge in [0.1, 0.15) is 5.65 Å². The lowest BCUT2D eigenvalue weighted by atomic mass is 10.3. The Bertz CT molecular complexity index is 627. The number of aromatic nitrogens is 2. The average Bonchev–Trinajstić information content (AvgIpc) is 2.37. The molecule has 2 rings (SSSR count). The van der Waals surface area contributed by atoms with Crippen molar-refractivity contribution < 1.29 is 4.74 Å². The van der Waals surface area contributed by atoms with E-state index in [1.165, 1.54) is 4.40 Å². The molecule has 0 radical (unpaired) electrons. The lowest BCUT2D eigenvalue weighted by Gasteiger charge is -2.15. The molecular formula is C13H16BrN3O2. The smallest absolute Gasteiger partial charge is 0.258 e. The fourth-order valence-electron chi connectivity index (χ4n) is 1.81. The Morgan fingerprint density at radius 3 is 3.00 bits per heavy atom. The van der Waals surface area contributed by atoms with Gasteiger partial charge in [-0.05, 0) is 35.1 Å². The summed E-state index contributed by atoms with van der Waals surface area (Å²) in [6, 6.07) is 5.27. The number of fused-ring (bicyclic) bond motifs is 1. The van der Waals surface area contributed by atoms with Crippen molar-refractivity contribution in [2.75, 3.05) is 27.3 Å². The lowest BCUT2D eigenvalue weighted by Crippen LogP contribution is -2.24. The third-order valence-electron chi connectivity index (χ3n) is 2.79. The van der Waals surface area contributed by atoms with E-state index < -0.39 is 0 Å². The zero-order valence-electron chi connectivity index (χ0n) is 11.0. The standard InChI is InChI=1S/C13H16BrN3O2/c1-16(5-6-19-2)9-11-7-13(18)17-8-10(14)3-4-12(17)15-11/h3-4,7-8H,5-6,9H2,1-2H3. The molecule has 0 saturated carbocycles. The Labute approximate surface area is 120 Å². The first-order chi connectivity index (χ1) is 9.10. The summed E-state index contributed by atoms with van der Waals surface area (Å²) >= 11 is 3.34. The molecule has 6 heteroatoms. The van der Waals surface area contributed by atoms with E-state index in [1.54, 1.807) is 19.4 Å². The van der Waals surface area contributed by atoms with Gasteiger partial charge in [0, 0.05) is 36.9 Å². The van der Waals surface area contributed by atoms with Crippen LogP contribution in [0.1, 0.15) is 5.69 Å². The summed E-state index contributed by atoms with van der Waals surface area (Å²) in [6.07, 6.45) is 1.73. The Morgan fingerprint density at radius 1 is 1.47 bits per heavy atom. The van der Waals surface area contributed by atoms with E-state index >= 15 is 0 Å². The van der Waals surface area contributed by atoms with Crippen molar-refractivity contribution in [1.29, 1.82) is 0 Å². The van der Waals surface area contributed by atoms with Crippen LogP contribution in [0.4, 0.5) is 0 Å². The van der Waals surface area contributed by atoms with Gasteiger partial charge in [0.2, 0.25) is 0 Å². The minimum atomic E-state index is -0.0681. The predicted octanol–water partition coefficient (Wildman–Crippen LogP) is 1.54. The summed E-state index contributed by atoms with van der Waals surface area (Å²) in [5.41, 5.74) is 1.36. The first kappa shape index (κ1) is 14.2. The molecule has 2 aromatic heterocycles. The van der Waals surface area contributed by atoms with Gasteiger partial charge in [-0.2, -0.15) is 0 Å². The van der Waals surface area contributed by atoms with Crippen LogP contribution in [0.5, 0.6) is 0 Å². The van der Waals surface area contributed by atoms with E-state index in [-0.39, 0.29) is 5.56 Å². The predicted molar refractivity (Wildman–Crippen MR) is 77.4 cm³/mol. The zero-order chi connectivity index (χ0) is 13.8. The number of halogens is 1. The Morgan fingerprint density at radius 2 is 2.26 bits per heavy atom. The largest absolute Gasteiger partial charge is 0.383 e. The minimum Gasteiger partial charge on any atom is -0.383 e. The number of rotatable bonds is 5. The molecule has 0 N–H and O–H groups in total. The Hall–Kier alpha value is -1.24. The maximum atomic E-state index is 12.0. The van der Waals surface area contributed by atoms with E-state index in [1.807, 2.05) is 19.2 Å². The van der Waals surface area contributed by atoms with Crippen LogP contribution in [0.2, 0.25) is 0 Å². The van der Waals surface area contributed by atoms with Crippen LogP contribution in [0.15, 0.2) is 33.7 Å². The van der Waals surface area contributed by atoms with Crippen LogP contribution in [0.25, 0.3) is 5.65 Å². The van der Waals surface area contributed by atoms with E-state index in [0.29, 0.717) is 18.8 Å². The van der Waals surface area contributed by atoms with Crippen LogP contribution < -0.4 is 5.56 Å². The monoisotopic (exact) mass is 325 g/mol. The third kappa shape index (κ3) is 3.62. The maximum absolute atomic E-state index is 12.0. The number of nitrogens with zero attached hydrogens (tertiary/aromatic N) is 3. The Balaban J connectivity index is 2.26. The summed E-state index contributed by atoms with van der Waals surface area (Å²) in [4.78, 5) is 18.6. The molecule has 19 heavy (non-hydrogen) atoms. The van der Waals surface area contributed by atoms with Gasteiger partial charge in [0.25, 0.3) is 5.56 Å². The molecule has 0 unspecified atom stereocenters.